The number of nitrogens with zero attached hydrogens (tertiary/aromatic N) is 2. The van der Waals surface area contributed by atoms with Gasteiger partial charge in [0.15, 0.2) is 0 Å². The van der Waals surface area contributed by atoms with E-state index in [-0.39, 0.29) is 29.2 Å². The molecule has 3 heterocycles. The number of methoxy groups -OCH3 is 2. The van der Waals surface area contributed by atoms with Crippen LogP contribution < -0.4 is 20.1 Å². The summed E-state index contributed by atoms with van der Waals surface area (Å²) in [4.78, 5) is 38.0. The van der Waals surface area contributed by atoms with E-state index >= 15 is 0 Å². The van der Waals surface area contributed by atoms with E-state index in [1.807, 2.05) is 53.4 Å². The highest BCUT2D eigenvalue weighted by Crippen LogP contribution is 2.49. The first-order valence-electron chi connectivity index (χ1n) is 17.1. The molecule has 12 heteroatoms. The van der Waals surface area contributed by atoms with E-state index in [1.165, 1.54) is 18.3 Å². The summed E-state index contributed by atoms with van der Waals surface area (Å²) in [6, 6.07) is 23.4. The molecule has 52 heavy (non-hydrogen) atoms. The number of fused-ring (bicyclic) bond motifs is 3. The number of pyridine rings is 1. The van der Waals surface area contributed by atoms with Crippen LogP contribution in [0.25, 0.3) is 11.3 Å². The number of benzene rings is 3. The average molecular weight is 710 g/mol. The third kappa shape index (κ3) is 6.92. The van der Waals surface area contributed by atoms with Crippen molar-refractivity contribution >= 4 is 29.0 Å². The van der Waals surface area contributed by atoms with Crippen LogP contribution in [0.2, 0.25) is 0 Å². The lowest BCUT2D eigenvalue weighted by Gasteiger charge is -2.38. The summed E-state index contributed by atoms with van der Waals surface area (Å²) >= 11 is 0. The maximum atomic E-state index is 14.7. The van der Waals surface area contributed by atoms with Gasteiger partial charge in [-0.1, -0.05) is 36.8 Å². The van der Waals surface area contributed by atoms with E-state index < -0.39 is 30.5 Å². The van der Waals surface area contributed by atoms with Gasteiger partial charge in [-0.05, 0) is 66.9 Å². The molecule has 1 aliphatic carbocycles. The van der Waals surface area contributed by atoms with E-state index in [9.17, 15) is 22.8 Å². The van der Waals surface area contributed by atoms with Gasteiger partial charge in [0, 0.05) is 59.7 Å². The van der Waals surface area contributed by atoms with Crippen molar-refractivity contribution in [2.45, 2.75) is 56.5 Å². The van der Waals surface area contributed by atoms with Gasteiger partial charge in [0.05, 0.1) is 37.1 Å². The number of nitrogens with one attached hydrogen (secondary N) is 3. The Morgan fingerprint density at radius 1 is 1.00 bits per heavy atom. The molecule has 268 valence electrons. The molecular weight excluding hydrogens is 671 g/mol. The lowest BCUT2D eigenvalue weighted by Crippen LogP contribution is -2.45. The highest BCUT2D eigenvalue weighted by molar-refractivity contribution is 6.07. The zero-order valence-corrected chi connectivity index (χ0v) is 28.7. The summed E-state index contributed by atoms with van der Waals surface area (Å²) in [5.74, 6) is -1.11. The Morgan fingerprint density at radius 3 is 2.52 bits per heavy atom. The number of aromatic nitrogens is 2. The Kier molecular flexibility index (Phi) is 9.88. The van der Waals surface area contributed by atoms with Crippen molar-refractivity contribution < 1.29 is 32.2 Å². The zero-order valence-electron chi connectivity index (χ0n) is 28.7. The number of carbonyl (C=O) groups excluding carboxylic acids is 2. The Labute approximate surface area is 299 Å². The summed E-state index contributed by atoms with van der Waals surface area (Å²) in [5, 5.41) is 6.19. The lowest BCUT2D eigenvalue weighted by atomic mass is 9.89. The smallest absolute Gasteiger partial charge is 0.258 e. The molecule has 5 aromatic rings. The topological polar surface area (TPSA) is 109 Å². The molecular formula is C40H38F3N5O4. The van der Waals surface area contributed by atoms with E-state index in [0.717, 1.165) is 48.3 Å². The Balaban J connectivity index is 1.27. The molecule has 7 rings (SSSR count). The van der Waals surface area contributed by atoms with Crippen LogP contribution in [0.15, 0.2) is 91.1 Å². The fraction of sp³-hybridized carbons (Fsp3) is 0.275. The highest BCUT2D eigenvalue weighted by atomic mass is 19.3. The number of rotatable bonds is 12. The predicted molar refractivity (Wildman–Crippen MR) is 192 cm³/mol. The SMILES string of the molecule is COc1ccc(CN2C(=O)c3c([nH]c(-c4ccnc(NC(=O)[C@H](CC(F)F)c5ccc(F)cc5)c4)c3Nc3ccccc3)[C@H]3CCC[C@H]32)c(OC)c1. The van der Waals surface area contributed by atoms with Crippen molar-refractivity contribution in [3.05, 3.63) is 119 Å². The number of H-pyrrole nitrogens is 1. The van der Waals surface area contributed by atoms with Crippen LogP contribution in [0, 0.1) is 5.82 Å². The van der Waals surface area contributed by atoms with Gasteiger partial charge in [0.2, 0.25) is 12.3 Å². The Bertz CT molecular complexity index is 2070. The van der Waals surface area contributed by atoms with Gasteiger partial charge in [-0.15, -0.1) is 0 Å². The van der Waals surface area contributed by atoms with Gasteiger partial charge in [-0.3, -0.25) is 9.59 Å². The molecule has 9 nitrogen and oxygen atoms in total. The molecule has 0 saturated heterocycles. The number of alkyl halides is 2. The van der Waals surface area contributed by atoms with Crippen molar-refractivity contribution in [3.8, 4) is 22.8 Å². The van der Waals surface area contributed by atoms with Crippen molar-refractivity contribution in [1.82, 2.24) is 14.9 Å². The van der Waals surface area contributed by atoms with Crippen LogP contribution in [0.1, 0.15) is 64.7 Å². The maximum absolute atomic E-state index is 14.7. The molecule has 0 radical (unpaired) electrons. The van der Waals surface area contributed by atoms with Gasteiger partial charge in [0.1, 0.15) is 23.1 Å². The minimum absolute atomic E-state index is 0.0339. The third-order valence-electron chi connectivity index (χ3n) is 9.94. The van der Waals surface area contributed by atoms with Gasteiger partial charge in [-0.25, -0.2) is 18.2 Å². The van der Waals surface area contributed by atoms with Crippen LogP contribution in [0.4, 0.5) is 30.4 Å². The van der Waals surface area contributed by atoms with Gasteiger partial charge in [-0.2, -0.15) is 0 Å². The number of para-hydroxylation sites is 1. The summed E-state index contributed by atoms with van der Waals surface area (Å²) < 4.78 is 51.9. The van der Waals surface area contributed by atoms with Crippen molar-refractivity contribution in [2.75, 3.05) is 24.9 Å². The Morgan fingerprint density at radius 2 is 1.79 bits per heavy atom. The first kappa shape index (κ1) is 34.7. The lowest BCUT2D eigenvalue weighted by molar-refractivity contribution is -0.118. The number of carbonyl (C=O) groups is 2. The molecule has 3 N–H and O–H groups in total. The van der Waals surface area contributed by atoms with Gasteiger partial charge >= 0.3 is 0 Å². The van der Waals surface area contributed by atoms with Crippen LogP contribution >= 0.6 is 0 Å². The minimum Gasteiger partial charge on any atom is -0.497 e. The third-order valence-corrected chi connectivity index (χ3v) is 9.94. The summed E-state index contributed by atoms with van der Waals surface area (Å²) in [5.41, 5.74) is 5.09. The number of hydrogen-bond acceptors (Lipinski definition) is 6. The van der Waals surface area contributed by atoms with Gasteiger partial charge in [0.25, 0.3) is 5.91 Å². The van der Waals surface area contributed by atoms with E-state index in [1.54, 1.807) is 26.4 Å². The molecule has 2 aromatic heterocycles. The maximum Gasteiger partial charge on any atom is 0.258 e. The number of ether oxygens (including phenoxy) is 2. The largest absolute Gasteiger partial charge is 0.497 e. The van der Waals surface area contributed by atoms with Crippen LogP contribution in [-0.4, -0.2) is 53.4 Å². The second-order valence-electron chi connectivity index (χ2n) is 13.0. The number of hydrogen-bond donors (Lipinski definition) is 3. The second kappa shape index (κ2) is 14.8. The molecule has 1 saturated carbocycles. The molecule has 2 amide bonds. The number of amides is 2. The fourth-order valence-corrected chi connectivity index (χ4v) is 7.46. The first-order chi connectivity index (χ1) is 25.2. The predicted octanol–water partition coefficient (Wildman–Crippen LogP) is 8.65. The van der Waals surface area contributed by atoms with Crippen molar-refractivity contribution in [2.24, 2.45) is 0 Å². The van der Waals surface area contributed by atoms with E-state index in [2.05, 4.69) is 20.6 Å². The summed E-state index contributed by atoms with van der Waals surface area (Å²) in [7, 11) is 3.19. The molecule has 0 unspecified atom stereocenters. The quantitative estimate of drug-likeness (QED) is 0.120. The molecule has 3 aromatic carbocycles. The van der Waals surface area contributed by atoms with Crippen LogP contribution in [-0.2, 0) is 11.3 Å². The molecule has 2 aliphatic rings. The zero-order chi connectivity index (χ0) is 36.4. The van der Waals surface area contributed by atoms with E-state index in [4.69, 9.17) is 9.47 Å². The monoisotopic (exact) mass is 709 g/mol. The summed E-state index contributed by atoms with van der Waals surface area (Å²) in [6.07, 6.45) is 0.698. The average Bonchev–Trinajstić information content (AvgIpc) is 3.79. The second-order valence-corrected chi connectivity index (χ2v) is 13.0. The number of aromatic amines is 1. The van der Waals surface area contributed by atoms with E-state index in [0.29, 0.717) is 40.6 Å². The molecule has 0 spiro atoms. The van der Waals surface area contributed by atoms with Crippen LogP contribution in [0.3, 0.4) is 0 Å². The molecule has 3 atom stereocenters. The number of halogens is 3. The highest BCUT2D eigenvalue weighted by Gasteiger charge is 2.46. The summed E-state index contributed by atoms with van der Waals surface area (Å²) in [6.45, 7) is 0.344. The standard InChI is InChI=1S/C40H38F3N5O4/c1-51-28-16-13-25(32(20-28)52-2)22-48-31-10-6-9-29(31)37-35(40(48)50)38(45-27-7-4-3-5-8-27)36(47-37)24-17-18-44-34(19-24)46-39(49)30(21-33(42)43)23-11-14-26(41)15-12-23/h3-5,7-8,11-20,29-31,33,45,47H,6,9-10,21-22H2,1-2H3,(H,44,46,49)/t29-,30+,31+/m0/s1. The van der Waals surface area contributed by atoms with Crippen molar-refractivity contribution in [3.63, 3.8) is 0 Å². The van der Waals surface area contributed by atoms with Crippen LogP contribution in [0.5, 0.6) is 11.5 Å². The van der Waals surface area contributed by atoms with Gasteiger partial charge < -0.3 is 30.0 Å². The normalized spacial score (nSPS) is 17.0. The fourth-order valence-electron chi connectivity index (χ4n) is 7.46. The number of anilines is 3. The minimum atomic E-state index is -2.76. The molecule has 1 aliphatic heterocycles. The van der Waals surface area contributed by atoms with Crippen molar-refractivity contribution in [1.29, 1.82) is 0 Å². The first-order valence-corrected chi connectivity index (χ1v) is 17.1. The Hall–Kier alpha value is -5.78. The molecule has 0 bridgehead atoms. The molecule has 1 fully saturated rings.